The summed E-state index contributed by atoms with van der Waals surface area (Å²) in [5.41, 5.74) is 3.22. The number of ether oxygens (including phenoxy) is 1. The zero-order valence-electron chi connectivity index (χ0n) is 16.9. The van der Waals surface area contributed by atoms with Gasteiger partial charge in [0.15, 0.2) is 11.9 Å². The van der Waals surface area contributed by atoms with Gasteiger partial charge in [-0.25, -0.2) is 0 Å². The third-order valence-corrected chi connectivity index (χ3v) is 6.05. The first-order valence-electron chi connectivity index (χ1n) is 10.3. The molecule has 3 aromatic rings. The minimum atomic E-state index is -0.379. The number of amides is 1. The highest BCUT2D eigenvalue weighted by molar-refractivity contribution is 6.02. The van der Waals surface area contributed by atoms with Crippen molar-refractivity contribution in [1.29, 1.82) is 0 Å². The zero-order valence-corrected chi connectivity index (χ0v) is 16.9. The number of benzene rings is 2. The molecule has 1 aliphatic carbocycles. The molecule has 1 saturated carbocycles. The molecule has 5 heteroatoms. The quantitative estimate of drug-likeness (QED) is 0.564. The largest absolute Gasteiger partial charge is 0.482 e. The number of carbonyl (C=O) groups excluding carboxylic acids is 2. The topological polar surface area (TPSA) is 59.8 Å². The molecule has 1 amide bonds. The van der Waals surface area contributed by atoms with E-state index in [-0.39, 0.29) is 23.8 Å². The van der Waals surface area contributed by atoms with E-state index in [0.29, 0.717) is 30.7 Å². The first kappa shape index (κ1) is 18.7. The number of rotatable bonds is 4. The molecule has 2 atom stereocenters. The van der Waals surface area contributed by atoms with Crippen LogP contribution in [0.2, 0.25) is 0 Å². The fourth-order valence-corrected chi connectivity index (χ4v) is 4.42. The molecule has 0 radical (unpaired) electrons. The highest BCUT2D eigenvalue weighted by atomic mass is 16.5. The van der Waals surface area contributed by atoms with Crippen LogP contribution in [0.5, 0.6) is 5.75 Å². The minimum Gasteiger partial charge on any atom is -0.482 e. The van der Waals surface area contributed by atoms with Crippen LogP contribution >= 0.6 is 0 Å². The van der Waals surface area contributed by atoms with Gasteiger partial charge in [-0.1, -0.05) is 36.4 Å². The van der Waals surface area contributed by atoms with Crippen LogP contribution < -0.4 is 4.74 Å². The predicted molar refractivity (Wildman–Crippen MR) is 113 cm³/mol. The minimum absolute atomic E-state index is 0.0746. The molecule has 5 nitrogen and oxygen atoms in total. The summed E-state index contributed by atoms with van der Waals surface area (Å²) in [7, 11) is 0. The fourth-order valence-electron chi connectivity index (χ4n) is 4.42. The van der Waals surface area contributed by atoms with Gasteiger partial charge in [0.2, 0.25) is 0 Å². The molecule has 2 unspecified atom stereocenters. The van der Waals surface area contributed by atoms with Crippen LogP contribution in [0.4, 0.5) is 0 Å². The number of allylic oxidation sites excluding steroid dienone is 1. The summed E-state index contributed by atoms with van der Waals surface area (Å²) in [5, 5.41) is 1.03. The number of hydrogen-bond donors (Lipinski definition) is 0. The van der Waals surface area contributed by atoms with Crippen LogP contribution in [-0.2, 0) is 11.3 Å². The van der Waals surface area contributed by atoms with Crippen LogP contribution in [0, 0.1) is 0 Å². The van der Waals surface area contributed by atoms with Crippen molar-refractivity contribution in [1.82, 2.24) is 4.90 Å². The average Bonchev–Trinajstić information content (AvgIpc) is 3.31. The summed E-state index contributed by atoms with van der Waals surface area (Å²) in [6, 6.07) is 14.9. The molecule has 1 aliphatic heterocycles. The third kappa shape index (κ3) is 3.11. The summed E-state index contributed by atoms with van der Waals surface area (Å²) < 4.78 is 12.2. The molecule has 5 rings (SSSR count). The molecule has 1 aromatic heterocycles. The summed E-state index contributed by atoms with van der Waals surface area (Å²) in [5.74, 6) is 1.36. The van der Waals surface area contributed by atoms with Gasteiger partial charge in [0.05, 0.1) is 12.6 Å². The van der Waals surface area contributed by atoms with E-state index in [1.54, 1.807) is 4.90 Å². The van der Waals surface area contributed by atoms with Crippen LogP contribution in [0.25, 0.3) is 11.0 Å². The van der Waals surface area contributed by atoms with Crippen molar-refractivity contribution in [2.24, 2.45) is 0 Å². The second-order valence-electron chi connectivity index (χ2n) is 8.11. The SMILES string of the molecule is C=C1CCC(N2Cc3c(OC(C)c4cc5ccccc5o4)cccc3C2=O)C(=O)C1. The molecule has 0 N–H and O–H groups in total. The van der Waals surface area contributed by atoms with Gasteiger partial charge >= 0.3 is 0 Å². The first-order chi connectivity index (χ1) is 14.5. The smallest absolute Gasteiger partial charge is 0.255 e. The number of fused-ring (bicyclic) bond motifs is 2. The lowest BCUT2D eigenvalue weighted by Gasteiger charge is -2.30. The van der Waals surface area contributed by atoms with Crippen molar-refractivity contribution in [3.05, 3.63) is 77.6 Å². The Labute approximate surface area is 174 Å². The average molecular weight is 401 g/mol. The fraction of sp³-hybridized carbons (Fsp3) is 0.280. The number of hydrogen-bond acceptors (Lipinski definition) is 4. The van der Waals surface area contributed by atoms with E-state index in [2.05, 4.69) is 6.58 Å². The van der Waals surface area contributed by atoms with E-state index in [4.69, 9.17) is 9.15 Å². The van der Waals surface area contributed by atoms with Gasteiger partial charge in [-0.3, -0.25) is 9.59 Å². The maximum Gasteiger partial charge on any atom is 0.255 e. The lowest BCUT2D eigenvalue weighted by Crippen LogP contribution is -2.43. The van der Waals surface area contributed by atoms with E-state index >= 15 is 0 Å². The van der Waals surface area contributed by atoms with Crippen molar-refractivity contribution < 1.29 is 18.7 Å². The van der Waals surface area contributed by atoms with Crippen molar-refractivity contribution in [2.75, 3.05) is 0 Å². The number of ketones is 1. The van der Waals surface area contributed by atoms with Crippen molar-refractivity contribution in [2.45, 2.75) is 44.9 Å². The Morgan fingerprint density at radius 2 is 2.00 bits per heavy atom. The maximum absolute atomic E-state index is 13.0. The number of Topliss-reactive ketones (excluding diaryl/α,β-unsaturated/α-hetero) is 1. The molecular weight excluding hydrogens is 378 g/mol. The Bertz CT molecular complexity index is 1140. The van der Waals surface area contributed by atoms with Gasteiger partial charge < -0.3 is 14.1 Å². The van der Waals surface area contributed by atoms with E-state index < -0.39 is 0 Å². The van der Waals surface area contributed by atoms with Gasteiger partial charge in [-0.2, -0.15) is 0 Å². The van der Waals surface area contributed by atoms with E-state index in [1.807, 2.05) is 55.5 Å². The Kier molecular flexibility index (Phi) is 4.46. The Hall–Kier alpha value is -3.34. The van der Waals surface area contributed by atoms with E-state index in [9.17, 15) is 9.59 Å². The molecule has 2 aliphatic rings. The van der Waals surface area contributed by atoms with Gasteiger partial charge in [0.25, 0.3) is 5.91 Å². The lowest BCUT2D eigenvalue weighted by atomic mass is 9.90. The number of para-hydroxylation sites is 1. The summed E-state index contributed by atoms with van der Waals surface area (Å²) >= 11 is 0. The van der Waals surface area contributed by atoms with Crippen LogP contribution in [0.1, 0.15) is 54.0 Å². The van der Waals surface area contributed by atoms with E-state index in [1.165, 1.54) is 0 Å². The van der Waals surface area contributed by atoms with Crippen LogP contribution in [0.3, 0.4) is 0 Å². The molecular formula is C25H23NO4. The molecule has 30 heavy (non-hydrogen) atoms. The highest BCUT2D eigenvalue weighted by Crippen LogP contribution is 2.37. The lowest BCUT2D eigenvalue weighted by molar-refractivity contribution is -0.124. The number of furan rings is 1. The first-order valence-corrected chi connectivity index (χ1v) is 10.3. The molecule has 0 spiro atoms. The molecule has 152 valence electrons. The number of carbonyl (C=O) groups is 2. The second kappa shape index (κ2) is 7.17. The molecule has 1 fully saturated rings. The standard InChI is InChI=1S/C25H23NO4/c1-15-10-11-20(21(27)12-15)26-14-19-18(25(26)28)7-5-9-23(19)29-16(2)24-13-17-6-3-4-8-22(17)30-24/h3-9,13,16,20H,1,10-12,14H2,2H3. The monoisotopic (exact) mass is 401 g/mol. The van der Waals surface area contributed by atoms with Crippen molar-refractivity contribution in [3.8, 4) is 5.75 Å². The molecule has 2 aromatic carbocycles. The van der Waals surface area contributed by atoms with Gasteiger partial charge in [0.1, 0.15) is 17.1 Å². The third-order valence-electron chi connectivity index (χ3n) is 6.05. The van der Waals surface area contributed by atoms with Crippen molar-refractivity contribution >= 4 is 22.7 Å². The molecule has 0 saturated heterocycles. The van der Waals surface area contributed by atoms with Gasteiger partial charge in [-0.05, 0) is 44.0 Å². The molecule has 2 heterocycles. The number of nitrogens with zero attached hydrogens (tertiary/aromatic N) is 1. The second-order valence-corrected chi connectivity index (χ2v) is 8.11. The Morgan fingerprint density at radius 3 is 2.80 bits per heavy atom. The highest BCUT2D eigenvalue weighted by Gasteiger charge is 2.39. The predicted octanol–water partition coefficient (Wildman–Crippen LogP) is 5.21. The maximum atomic E-state index is 13.0. The van der Waals surface area contributed by atoms with Gasteiger partial charge in [-0.15, -0.1) is 0 Å². The van der Waals surface area contributed by atoms with E-state index in [0.717, 1.165) is 34.3 Å². The Balaban J connectivity index is 1.40. The molecule has 0 bridgehead atoms. The van der Waals surface area contributed by atoms with Crippen LogP contribution in [0.15, 0.2) is 65.1 Å². The summed E-state index contributed by atoms with van der Waals surface area (Å²) in [6.45, 7) is 6.24. The zero-order chi connectivity index (χ0) is 20.8. The normalized spacial score (nSPS) is 20.0. The summed E-state index contributed by atoms with van der Waals surface area (Å²) in [4.78, 5) is 27.2. The van der Waals surface area contributed by atoms with Gasteiger partial charge in [0, 0.05) is 22.9 Å². The van der Waals surface area contributed by atoms with Crippen molar-refractivity contribution in [3.63, 3.8) is 0 Å². The summed E-state index contributed by atoms with van der Waals surface area (Å²) in [6.07, 6.45) is 1.47. The van der Waals surface area contributed by atoms with Crippen LogP contribution in [-0.4, -0.2) is 22.6 Å². The Morgan fingerprint density at radius 1 is 1.17 bits per heavy atom.